The number of pyridine rings is 1. The van der Waals surface area contributed by atoms with Gasteiger partial charge in [0.25, 0.3) is 0 Å². The molecule has 1 aromatic heterocycles. The molecule has 5 nitrogen and oxygen atoms in total. The molecule has 21 heavy (non-hydrogen) atoms. The highest BCUT2D eigenvalue weighted by Gasteiger charge is 2.31. The molecule has 116 valence electrons. The van der Waals surface area contributed by atoms with Crippen molar-refractivity contribution in [2.45, 2.75) is 32.4 Å². The fraction of sp³-hybridized carbons (Fsp3) is 0.571. The fourth-order valence-corrected chi connectivity index (χ4v) is 3.18. The van der Waals surface area contributed by atoms with Crippen molar-refractivity contribution < 1.29 is 9.53 Å². The predicted molar refractivity (Wildman–Crippen MR) is 84.0 cm³/mol. The average molecular weight is 332 g/mol. The molecule has 0 aliphatic carbocycles. The van der Waals surface area contributed by atoms with Crippen molar-refractivity contribution >= 4 is 35.0 Å². The third-order valence-corrected chi connectivity index (χ3v) is 4.47. The van der Waals surface area contributed by atoms with Gasteiger partial charge in [0.2, 0.25) is 0 Å². The van der Waals surface area contributed by atoms with Gasteiger partial charge in [-0.3, -0.25) is 0 Å². The number of carbonyl (C=O) groups is 1. The topological polar surface area (TPSA) is 45.7 Å². The second-order valence-electron chi connectivity index (χ2n) is 5.14. The van der Waals surface area contributed by atoms with Gasteiger partial charge in [0.15, 0.2) is 5.15 Å². The van der Waals surface area contributed by atoms with Crippen LogP contribution >= 0.6 is 23.4 Å². The number of anilines is 1. The molecule has 0 saturated carbocycles. The Balaban J connectivity index is 2.26. The molecule has 1 aromatic rings. The van der Waals surface area contributed by atoms with E-state index in [0.717, 1.165) is 25.2 Å². The first-order valence-corrected chi connectivity index (χ1v) is 7.63. The summed E-state index contributed by atoms with van der Waals surface area (Å²) in [7, 11) is 1.32. The molecule has 0 bridgehead atoms. The number of methoxy groups -OCH3 is 1. The van der Waals surface area contributed by atoms with E-state index in [9.17, 15) is 4.79 Å². The number of hydrogen-bond donors (Lipinski definition) is 0. The number of hydrogen-bond acceptors (Lipinski definition) is 5. The van der Waals surface area contributed by atoms with Crippen molar-refractivity contribution in [3.05, 3.63) is 23.0 Å². The summed E-state index contributed by atoms with van der Waals surface area (Å²) in [6.45, 7) is 5.72. The van der Waals surface area contributed by atoms with E-state index in [4.69, 9.17) is 23.4 Å². The summed E-state index contributed by atoms with van der Waals surface area (Å²) >= 11 is 12.5. The molecule has 2 heterocycles. The van der Waals surface area contributed by atoms with Crippen LogP contribution in [0, 0.1) is 0 Å². The van der Waals surface area contributed by atoms with Crippen LogP contribution in [-0.2, 0) is 4.74 Å². The highest BCUT2D eigenvalue weighted by Crippen LogP contribution is 2.30. The average Bonchev–Trinajstić information content (AvgIpc) is 2.47. The number of rotatable bonds is 3. The van der Waals surface area contributed by atoms with Crippen LogP contribution in [0.25, 0.3) is 0 Å². The van der Waals surface area contributed by atoms with Crippen LogP contribution in [0.1, 0.15) is 30.8 Å². The van der Waals surface area contributed by atoms with Crippen molar-refractivity contribution in [2.24, 2.45) is 0 Å². The molecule has 0 N–H and O–H groups in total. The van der Waals surface area contributed by atoms with Gasteiger partial charge in [-0.25, -0.2) is 14.2 Å². The van der Waals surface area contributed by atoms with E-state index in [0.29, 0.717) is 5.15 Å². The van der Waals surface area contributed by atoms with Gasteiger partial charge in [-0.05, 0) is 37.3 Å². The van der Waals surface area contributed by atoms with Gasteiger partial charge >= 0.3 is 5.97 Å². The zero-order valence-corrected chi connectivity index (χ0v) is 13.9. The Morgan fingerprint density at radius 3 is 2.76 bits per heavy atom. The predicted octanol–water partition coefficient (Wildman–Crippen LogP) is 2.96. The Morgan fingerprint density at radius 2 is 2.19 bits per heavy atom. The third-order valence-electron chi connectivity index (χ3n) is 3.78. The van der Waals surface area contributed by atoms with Crippen LogP contribution in [-0.4, -0.2) is 47.7 Å². The largest absolute Gasteiger partial charge is 0.464 e. The summed E-state index contributed by atoms with van der Waals surface area (Å²) in [6.07, 6.45) is 0.956. The minimum atomic E-state index is -0.492. The Morgan fingerprint density at radius 1 is 1.48 bits per heavy atom. The number of piperazine rings is 1. The monoisotopic (exact) mass is 331 g/mol. The normalized spacial score (nSPS) is 23.2. The summed E-state index contributed by atoms with van der Waals surface area (Å²) in [5.74, 6) is -0.492. The number of esters is 1. The Bertz CT molecular complexity index is 527. The highest BCUT2D eigenvalue weighted by atomic mass is 35.5. The Labute approximate surface area is 134 Å². The Hall–Kier alpha value is -1.04. The number of nitrogens with zero attached hydrogens (tertiary/aromatic N) is 3. The molecule has 2 atom stereocenters. The molecule has 0 amide bonds. The lowest BCUT2D eigenvalue weighted by Gasteiger charge is -2.43. The maximum atomic E-state index is 11.5. The zero-order chi connectivity index (χ0) is 15.6. The van der Waals surface area contributed by atoms with Crippen molar-refractivity contribution in [3.8, 4) is 0 Å². The minimum Gasteiger partial charge on any atom is -0.464 e. The van der Waals surface area contributed by atoms with E-state index in [1.54, 1.807) is 6.07 Å². The summed E-state index contributed by atoms with van der Waals surface area (Å²) in [6, 6.07) is 3.93. The van der Waals surface area contributed by atoms with Crippen molar-refractivity contribution in [1.82, 2.24) is 9.40 Å². The van der Waals surface area contributed by atoms with Gasteiger partial charge in [-0.1, -0.05) is 18.5 Å². The smallest absolute Gasteiger partial charge is 0.356 e. The zero-order valence-electron chi connectivity index (χ0n) is 12.3. The van der Waals surface area contributed by atoms with E-state index in [1.807, 2.05) is 10.5 Å². The molecule has 1 aliphatic heterocycles. The third kappa shape index (κ3) is 3.42. The van der Waals surface area contributed by atoms with E-state index in [1.165, 1.54) is 7.11 Å². The maximum Gasteiger partial charge on any atom is 0.356 e. The number of carbonyl (C=O) groups excluding carboxylic acids is 1. The fourth-order valence-electron chi connectivity index (χ4n) is 2.52. The highest BCUT2D eigenvalue weighted by molar-refractivity contribution is 6.32. The molecular weight excluding hydrogens is 313 g/mol. The van der Waals surface area contributed by atoms with Gasteiger partial charge in [0, 0.05) is 25.2 Å². The van der Waals surface area contributed by atoms with E-state index in [2.05, 4.69) is 28.5 Å². The number of ether oxygens (including phenoxy) is 1. The maximum absolute atomic E-state index is 11.5. The molecular formula is C14H19Cl2N3O2. The van der Waals surface area contributed by atoms with E-state index in [-0.39, 0.29) is 17.8 Å². The quantitative estimate of drug-likeness (QED) is 0.484. The van der Waals surface area contributed by atoms with Crippen LogP contribution in [0.4, 0.5) is 5.69 Å². The second-order valence-corrected chi connectivity index (χ2v) is 5.94. The Kier molecular flexibility index (Phi) is 5.30. The molecule has 1 saturated heterocycles. The first-order valence-electron chi connectivity index (χ1n) is 6.91. The molecule has 7 heteroatoms. The second kappa shape index (κ2) is 6.81. The van der Waals surface area contributed by atoms with E-state index >= 15 is 0 Å². The molecule has 2 rings (SSSR count). The van der Waals surface area contributed by atoms with Crippen LogP contribution in [0.5, 0.6) is 0 Å². The van der Waals surface area contributed by atoms with Crippen LogP contribution in [0.2, 0.25) is 5.15 Å². The van der Waals surface area contributed by atoms with Crippen LogP contribution in [0.3, 0.4) is 0 Å². The molecule has 0 aromatic carbocycles. The summed E-state index contributed by atoms with van der Waals surface area (Å²) in [5.41, 5.74) is 1.03. The molecule has 1 fully saturated rings. The standard InChI is InChI=1S/C14H19Cl2N3O2/c1-4-10-8-18(9(2)7-19(10)16)12-6-5-11(14(20)21-3)17-13(12)15/h5-6,9-10H,4,7-8H2,1-3H3/t9-,10+/m1/s1. The van der Waals surface area contributed by atoms with Crippen LogP contribution in [0.15, 0.2) is 12.1 Å². The van der Waals surface area contributed by atoms with Gasteiger partial charge in [0.05, 0.1) is 12.8 Å². The van der Waals surface area contributed by atoms with Crippen molar-refractivity contribution in [2.75, 3.05) is 25.1 Å². The van der Waals surface area contributed by atoms with E-state index < -0.39 is 5.97 Å². The molecule has 1 aliphatic rings. The number of aromatic nitrogens is 1. The number of halogens is 2. The summed E-state index contributed by atoms with van der Waals surface area (Å²) in [4.78, 5) is 17.8. The molecule has 0 radical (unpaired) electrons. The van der Waals surface area contributed by atoms with Crippen molar-refractivity contribution in [3.63, 3.8) is 0 Å². The van der Waals surface area contributed by atoms with Gasteiger partial charge in [-0.15, -0.1) is 0 Å². The minimum absolute atomic E-state index is 0.210. The molecule has 0 unspecified atom stereocenters. The first-order chi connectivity index (χ1) is 9.97. The lowest BCUT2D eigenvalue weighted by atomic mass is 10.1. The molecule has 0 spiro atoms. The van der Waals surface area contributed by atoms with Crippen molar-refractivity contribution in [1.29, 1.82) is 0 Å². The SMILES string of the molecule is CC[C@H]1CN(c2ccc(C(=O)OC)nc2Cl)[C@H](C)CN1Cl. The lowest BCUT2D eigenvalue weighted by molar-refractivity contribution is 0.0594. The first kappa shape index (κ1) is 16.3. The van der Waals surface area contributed by atoms with Gasteiger partial charge in [0.1, 0.15) is 5.69 Å². The van der Waals surface area contributed by atoms with Gasteiger partial charge < -0.3 is 9.64 Å². The van der Waals surface area contributed by atoms with Gasteiger partial charge in [-0.2, -0.15) is 0 Å². The van der Waals surface area contributed by atoms with Crippen LogP contribution < -0.4 is 4.90 Å². The lowest BCUT2D eigenvalue weighted by Crippen LogP contribution is -2.54. The summed E-state index contributed by atoms with van der Waals surface area (Å²) < 4.78 is 6.50. The summed E-state index contributed by atoms with van der Waals surface area (Å²) in [5, 5.41) is 0.308.